The van der Waals surface area contributed by atoms with Crippen LogP contribution >= 0.6 is 71.0 Å². The average Bonchev–Trinajstić information content (AvgIpc) is 2.37. The summed E-state index contributed by atoms with van der Waals surface area (Å²) in [5.74, 6) is 2.11. The van der Waals surface area contributed by atoms with Crippen LogP contribution in [0.3, 0.4) is 0 Å². The molecule has 2 aromatic rings. The molecule has 19 heavy (non-hydrogen) atoms. The highest BCUT2D eigenvalue weighted by molar-refractivity contribution is 9.13. The highest BCUT2D eigenvalue weighted by atomic mass is 79.9. The maximum atomic E-state index is 6.23. The van der Waals surface area contributed by atoms with Gasteiger partial charge in [0, 0.05) is 27.1 Å². The van der Waals surface area contributed by atoms with E-state index in [1.165, 1.54) is 0 Å². The summed E-state index contributed by atoms with van der Waals surface area (Å²) < 4.78 is 13.8. The molecule has 2 nitrogen and oxygen atoms in total. The second-order valence-electron chi connectivity index (χ2n) is 3.73. The van der Waals surface area contributed by atoms with Gasteiger partial charge in [-0.1, -0.05) is 23.2 Å². The summed E-state index contributed by atoms with van der Waals surface area (Å²) in [6.45, 7) is 0. The van der Waals surface area contributed by atoms with Crippen LogP contribution in [0.1, 0.15) is 0 Å². The van der Waals surface area contributed by atoms with E-state index in [9.17, 15) is 0 Å². The molecule has 0 aliphatic carbocycles. The van der Waals surface area contributed by atoms with Crippen LogP contribution in [0.15, 0.2) is 31.6 Å². The molecule has 0 N–H and O–H groups in total. The van der Waals surface area contributed by atoms with Gasteiger partial charge in [-0.3, -0.25) is 0 Å². The zero-order valence-corrected chi connectivity index (χ0v) is 15.2. The van der Waals surface area contributed by atoms with E-state index < -0.39 is 0 Å². The first-order chi connectivity index (χ1) is 8.97. The number of hydrogen-bond acceptors (Lipinski definition) is 2. The SMILES string of the molecule is Clc1cc2c(cc1Br)Oc1cc(Br)c(Br)c(Cl)c1O2. The van der Waals surface area contributed by atoms with E-state index in [1.807, 2.05) is 0 Å². The van der Waals surface area contributed by atoms with Crippen LogP contribution in [0.5, 0.6) is 23.0 Å². The summed E-state index contributed by atoms with van der Waals surface area (Å²) in [5, 5.41) is 0.979. The van der Waals surface area contributed by atoms with Crippen molar-refractivity contribution in [1.29, 1.82) is 0 Å². The molecule has 0 atom stereocenters. The summed E-state index contributed by atoms with van der Waals surface area (Å²) >= 11 is 22.4. The number of benzene rings is 2. The Bertz CT molecular complexity index is 704. The third-order valence-electron chi connectivity index (χ3n) is 2.50. The Morgan fingerprint density at radius 2 is 1.42 bits per heavy atom. The number of ether oxygens (including phenoxy) is 2. The van der Waals surface area contributed by atoms with E-state index in [-0.39, 0.29) is 0 Å². The third kappa shape index (κ3) is 2.40. The van der Waals surface area contributed by atoms with Crippen LogP contribution in [0.25, 0.3) is 0 Å². The van der Waals surface area contributed by atoms with Crippen molar-refractivity contribution in [3.05, 3.63) is 41.7 Å². The molecule has 7 heteroatoms. The van der Waals surface area contributed by atoms with Gasteiger partial charge in [0.15, 0.2) is 23.0 Å². The van der Waals surface area contributed by atoms with Crippen molar-refractivity contribution in [2.24, 2.45) is 0 Å². The quantitative estimate of drug-likeness (QED) is 0.311. The highest BCUT2D eigenvalue weighted by Gasteiger charge is 2.25. The minimum Gasteiger partial charge on any atom is -0.449 e. The molecule has 0 saturated heterocycles. The Hall–Kier alpha value is 0.0600. The first-order valence-electron chi connectivity index (χ1n) is 4.99. The van der Waals surface area contributed by atoms with Crippen LogP contribution in [0, 0.1) is 0 Å². The molecule has 2 aromatic carbocycles. The van der Waals surface area contributed by atoms with Gasteiger partial charge in [0.25, 0.3) is 0 Å². The standard InChI is InChI=1S/C12H3Br3Cl2O2/c13-4-1-7-8(3-6(4)16)19-12-9(18-7)2-5(14)10(15)11(12)17/h1-3H. The van der Waals surface area contributed by atoms with Crippen LogP contribution in [-0.2, 0) is 0 Å². The Kier molecular flexibility index (Phi) is 3.77. The fourth-order valence-electron chi connectivity index (χ4n) is 1.63. The predicted molar refractivity (Wildman–Crippen MR) is 86.2 cm³/mol. The van der Waals surface area contributed by atoms with Gasteiger partial charge in [0.05, 0.1) is 9.50 Å². The minimum atomic E-state index is 0.439. The smallest absolute Gasteiger partial charge is 0.189 e. The summed E-state index contributed by atoms with van der Waals surface area (Å²) in [4.78, 5) is 0. The monoisotopic (exact) mass is 486 g/mol. The lowest BCUT2D eigenvalue weighted by Gasteiger charge is -2.22. The normalized spacial score (nSPS) is 12.3. The van der Waals surface area contributed by atoms with Crippen molar-refractivity contribution >= 4 is 71.0 Å². The van der Waals surface area contributed by atoms with Crippen molar-refractivity contribution in [2.45, 2.75) is 0 Å². The number of fused-ring (bicyclic) bond motifs is 2. The predicted octanol–water partition coefficient (Wildman–Crippen LogP) is 7.18. The molecule has 98 valence electrons. The lowest BCUT2D eigenvalue weighted by Crippen LogP contribution is -2.00. The van der Waals surface area contributed by atoms with Crippen molar-refractivity contribution < 1.29 is 9.47 Å². The first kappa shape index (κ1) is 14.0. The highest BCUT2D eigenvalue weighted by Crippen LogP contribution is 2.53. The van der Waals surface area contributed by atoms with Gasteiger partial charge in [-0.15, -0.1) is 0 Å². The Labute approximate surface area is 144 Å². The summed E-state index contributed by atoms with van der Waals surface area (Å²) in [6, 6.07) is 5.22. The maximum absolute atomic E-state index is 6.23. The molecule has 0 unspecified atom stereocenters. The molecule has 0 bridgehead atoms. The van der Waals surface area contributed by atoms with Gasteiger partial charge in [-0.2, -0.15) is 0 Å². The number of rotatable bonds is 0. The van der Waals surface area contributed by atoms with Crippen LogP contribution < -0.4 is 9.47 Å². The van der Waals surface area contributed by atoms with E-state index >= 15 is 0 Å². The van der Waals surface area contributed by atoms with Crippen LogP contribution in [0.2, 0.25) is 10.0 Å². The van der Waals surface area contributed by atoms with Crippen molar-refractivity contribution in [2.75, 3.05) is 0 Å². The molecule has 0 spiro atoms. The maximum Gasteiger partial charge on any atom is 0.189 e. The van der Waals surface area contributed by atoms with Crippen LogP contribution in [0.4, 0.5) is 0 Å². The topological polar surface area (TPSA) is 18.5 Å². The average molecular weight is 490 g/mol. The second kappa shape index (κ2) is 5.11. The molecule has 0 aromatic heterocycles. The Balaban J connectivity index is 2.17. The van der Waals surface area contributed by atoms with Gasteiger partial charge >= 0.3 is 0 Å². The molecule has 0 saturated carbocycles. The van der Waals surface area contributed by atoms with Crippen molar-refractivity contribution in [3.8, 4) is 23.0 Å². The molecule has 1 aliphatic rings. The van der Waals surface area contributed by atoms with E-state index in [2.05, 4.69) is 47.8 Å². The molecule has 0 fully saturated rings. The van der Waals surface area contributed by atoms with Gasteiger partial charge in [-0.25, -0.2) is 0 Å². The molecule has 0 amide bonds. The zero-order valence-electron chi connectivity index (χ0n) is 8.94. The second-order valence-corrected chi connectivity index (χ2v) is 7.02. The zero-order chi connectivity index (χ0) is 13.7. The van der Waals surface area contributed by atoms with Gasteiger partial charge in [0.2, 0.25) is 0 Å². The van der Waals surface area contributed by atoms with Crippen LogP contribution in [-0.4, -0.2) is 0 Å². The molecule has 0 radical (unpaired) electrons. The first-order valence-corrected chi connectivity index (χ1v) is 8.13. The van der Waals surface area contributed by atoms with E-state index in [0.29, 0.717) is 37.5 Å². The van der Waals surface area contributed by atoms with Gasteiger partial charge < -0.3 is 9.47 Å². The number of hydrogen-bond donors (Lipinski definition) is 0. The minimum absolute atomic E-state index is 0.439. The molecule has 1 aliphatic heterocycles. The summed E-state index contributed by atoms with van der Waals surface area (Å²) in [5.41, 5.74) is 0. The van der Waals surface area contributed by atoms with E-state index in [1.54, 1.807) is 18.2 Å². The van der Waals surface area contributed by atoms with E-state index in [0.717, 1.165) is 8.95 Å². The fourth-order valence-corrected chi connectivity index (χ4v) is 3.15. The fraction of sp³-hybridized carbons (Fsp3) is 0. The molecular weight excluding hydrogens is 487 g/mol. The third-order valence-corrected chi connectivity index (χ3v) is 6.27. The molecule has 1 heterocycles. The largest absolute Gasteiger partial charge is 0.449 e. The van der Waals surface area contributed by atoms with Crippen molar-refractivity contribution in [1.82, 2.24) is 0 Å². The lowest BCUT2D eigenvalue weighted by atomic mass is 10.2. The van der Waals surface area contributed by atoms with Crippen molar-refractivity contribution in [3.63, 3.8) is 0 Å². The lowest BCUT2D eigenvalue weighted by molar-refractivity contribution is 0.359. The Morgan fingerprint density at radius 1 is 0.789 bits per heavy atom. The van der Waals surface area contributed by atoms with E-state index in [4.69, 9.17) is 32.7 Å². The van der Waals surface area contributed by atoms with Gasteiger partial charge in [-0.05, 0) is 47.8 Å². The Morgan fingerprint density at radius 3 is 2.16 bits per heavy atom. The molecule has 3 rings (SSSR count). The number of halogens is 5. The van der Waals surface area contributed by atoms with Gasteiger partial charge in [0.1, 0.15) is 5.02 Å². The summed E-state index contributed by atoms with van der Waals surface area (Å²) in [7, 11) is 0. The summed E-state index contributed by atoms with van der Waals surface area (Å²) in [6.07, 6.45) is 0. The molecular formula is C12H3Br3Cl2O2.